The number of anilines is 1. The van der Waals surface area contributed by atoms with Crippen molar-refractivity contribution in [2.24, 2.45) is 0 Å². The maximum absolute atomic E-state index is 12.7. The summed E-state index contributed by atoms with van der Waals surface area (Å²) in [6, 6.07) is 12.2. The minimum atomic E-state index is -3.55. The zero-order valence-electron chi connectivity index (χ0n) is 17.3. The van der Waals surface area contributed by atoms with Gasteiger partial charge in [0.1, 0.15) is 5.75 Å². The largest absolute Gasteiger partial charge is 0.490 e. The van der Waals surface area contributed by atoms with Crippen LogP contribution in [-0.4, -0.2) is 46.4 Å². The van der Waals surface area contributed by atoms with Gasteiger partial charge < -0.3 is 19.5 Å². The zero-order valence-corrected chi connectivity index (χ0v) is 18.1. The van der Waals surface area contributed by atoms with Crippen LogP contribution in [0.4, 0.5) is 5.69 Å². The van der Waals surface area contributed by atoms with E-state index in [1.54, 1.807) is 30.3 Å². The molecule has 1 amide bonds. The van der Waals surface area contributed by atoms with Gasteiger partial charge in [0.25, 0.3) is 5.91 Å². The van der Waals surface area contributed by atoms with Gasteiger partial charge >= 0.3 is 0 Å². The molecule has 8 nitrogen and oxygen atoms in total. The molecule has 0 fully saturated rings. The second-order valence-electron chi connectivity index (χ2n) is 6.73. The Kier molecular flexibility index (Phi) is 6.71. The van der Waals surface area contributed by atoms with Crippen molar-refractivity contribution in [3.05, 3.63) is 48.0 Å². The van der Waals surface area contributed by atoms with Gasteiger partial charge in [0, 0.05) is 6.54 Å². The number of benzene rings is 2. The summed E-state index contributed by atoms with van der Waals surface area (Å²) in [4.78, 5) is 12.7. The average Bonchev–Trinajstić information content (AvgIpc) is 2.72. The van der Waals surface area contributed by atoms with Crippen LogP contribution < -0.4 is 23.8 Å². The minimum absolute atomic E-state index is 0.0881. The molecule has 162 valence electrons. The Morgan fingerprint density at radius 1 is 1.13 bits per heavy atom. The zero-order chi connectivity index (χ0) is 21.7. The number of carbonyl (C=O) groups is 1. The summed E-state index contributed by atoms with van der Waals surface area (Å²) in [5.74, 6) is 1.21. The van der Waals surface area contributed by atoms with Gasteiger partial charge in [-0.05, 0) is 43.7 Å². The Hall–Kier alpha value is -2.94. The molecule has 1 atom stereocenters. The summed E-state index contributed by atoms with van der Waals surface area (Å²) >= 11 is 0. The molecule has 3 rings (SSSR count). The van der Waals surface area contributed by atoms with Gasteiger partial charge in [0.15, 0.2) is 17.6 Å². The molecule has 1 aliphatic rings. The lowest BCUT2D eigenvalue weighted by molar-refractivity contribution is -0.127. The standard InChI is InChI=1S/C21H26N2O6S/c1-4-27-18-11-10-15(12-19(18)28-5-2)13-22-21(24)20-14-23(30(3,25)26)16-8-6-7-9-17(16)29-20/h6-12,20H,4-5,13-14H2,1-3H3,(H,22,24)/t20-/m1/s1. The highest BCUT2D eigenvalue weighted by atomic mass is 32.2. The smallest absolute Gasteiger partial charge is 0.263 e. The van der Waals surface area contributed by atoms with E-state index in [0.29, 0.717) is 36.1 Å². The van der Waals surface area contributed by atoms with E-state index in [2.05, 4.69) is 5.32 Å². The van der Waals surface area contributed by atoms with E-state index in [9.17, 15) is 13.2 Å². The highest BCUT2D eigenvalue weighted by Crippen LogP contribution is 2.34. The number of fused-ring (bicyclic) bond motifs is 1. The second-order valence-corrected chi connectivity index (χ2v) is 8.64. The average molecular weight is 435 g/mol. The number of nitrogens with zero attached hydrogens (tertiary/aromatic N) is 1. The van der Waals surface area contributed by atoms with E-state index in [1.165, 1.54) is 4.31 Å². The predicted octanol–water partition coefficient (Wildman–Crippen LogP) is 2.33. The molecular formula is C21H26N2O6S. The van der Waals surface area contributed by atoms with E-state index in [4.69, 9.17) is 14.2 Å². The van der Waals surface area contributed by atoms with Crippen molar-refractivity contribution in [3.63, 3.8) is 0 Å². The third-order valence-corrected chi connectivity index (χ3v) is 5.65. The lowest BCUT2D eigenvalue weighted by Gasteiger charge is -2.33. The monoisotopic (exact) mass is 434 g/mol. The van der Waals surface area contributed by atoms with Crippen LogP contribution >= 0.6 is 0 Å². The van der Waals surface area contributed by atoms with Gasteiger partial charge in [-0.2, -0.15) is 0 Å². The third-order valence-electron chi connectivity index (χ3n) is 4.50. The van der Waals surface area contributed by atoms with Crippen LogP contribution in [-0.2, 0) is 21.4 Å². The predicted molar refractivity (Wildman–Crippen MR) is 114 cm³/mol. The van der Waals surface area contributed by atoms with Crippen LogP contribution in [0.2, 0.25) is 0 Å². The van der Waals surface area contributed by atoms with Crippen LogP contribution in [0, 0.1) is 0 Å². The molecule has 2 aromatic carbocycles. The highest BCUT2D eigenvalue weighted by Gasteiger charge is 2.34. The molecule has 1 N–H and O–H groups in total. The summed E-state index contributed by atoms with van der Waals surface area (Å²) < 4.78 is 42.5. The third kappa shape index (κ3) is 4.96. The van der Waals surface area contributed by atoms with Crippen molar-refractivity contribution >= 4 is 21.6 Å². The van der Waals surface area contributed by atoms with E-state index in [-0.39, 0.29) is 13.1 Å². The molecule has 0 bridgehead atoms. The van der Waals surface area contributed by atoms with Crippen molar-refractivity contribution in [3.8, 4) is 17.2 Å². The maximum atomic E-state index is 12.7. The molecule has 0 spiro atoms. The highest BCUT2D eigenvalue weighted by molar-refractivity contribution is 7.92. The number of rotatable bonds is 8. The summed E-state index contributed by atoms with van der Waals surface area (Å²) in [6.07, 6.45) is 0.155. The molecule has 1 heterocycles. The molecular weight excluding hydrogens is 408 g/mol. The number of hydrogen-bond acceptors (Lipinski definition) is 6. The number of sulfonamides is 1. The van der Waals surface area contributed by atoms with Gasteiger partial charge in [0.05, 0.1) is 31.7 Å². The van der Waals surface area contributed by atoms with Gasteiger partial charge in [-0.25, -0.2) is 8.42 Å². The molecule has 0 aromatic heterocycles. The molecule has 0 aliphatic carbocycles. The van der Waals surface area contributed by atoms with Gasteiger partial charge in [0.2, 0.25) is 10.0 Å². The van der Waals surface area contributed by atoms with Crippen molar-refractivity contribution < 1.29 is 27.4 Å². The van der Waals surface area contributed by atoms with Crippen molar-refractivity contribution in [2.75, 3.05) is 30.3 Å². The second kappa shape index (κ2) is 9.25. The Balaban J connectivity index is 1.72. The molecule has 30 heavy (non-hydrogen) atoms. The summed E-state index contributed by atoms with van der Waals surface area (Å²) in [7, 11) is -3.55. The first-order chi connectivity index (χ1) is 14.3. The molecule has 2 aromatic rings. The quantitative estimate of drug-likeness (QED) is 0.685. The topological polar surface area (TPSA) is 94.2 Å². The van der Waals surface area contributed by atoms with Crippen molar-refractivity contribution in [2.45, 2.75) is 26.5 Å². The molecule has 0 radical (unpaired) electrons. The Labute approximate surface area is 176 Å². The molecule has 0 saturated carbocycles. The Bertz CT molecular complexity index is 1010. The molecule has 0 saturated heterocycles. The SMILES string of the molecule is CCOc1ccc(CNC(=O)[C@H]2CN(S(C)(=O)=O)c3ccccc3O2)cc1OCC. The fraction of sp³-hybridized carbons (Fsp3) is 0.381. The fourth-order valence-corrected chi connectivity index (χ4v) is 4.08. The van der Waals surface area contributed by atoms with Crippen LogP contribution in [0.1, 0.15) is 19.4 Å². The van der Waals surface area contributed by atoms with Gasteiger partial charge in [-0.1, -0.05) is 18.2 Å². The first-order valence-corrected chi connectivity index (χ1v) is 11.6. The first kappa shape index (κ1) is 21.8. The number of nitrogens with one attached hydrogen (secondary N) is 1. The lowest BCUT2D eigenvalue weighted by Crippen LogP contribution is -2.50. The molecule has 1 aliphatic heterocycles. The number of hydrogen-bond donors (Lipinski definition) is 1. The number of para-hydroxylation sites is 2. The molecule has 0 unspecified atom stereocenters. The lowest BCUT2D eigenvalue weighted by atomic mass is 10.2. The van der Waals surface area contributed by atoms with Gasteiger partial charge in [-0.15, -0.1) is 0 Å². The Morgan fingerprint density at radius 2 is 1.83 bits per heavy atom. The Morgan fingerprint density at radius 3 is 2.53 bits per heavy atom. The number of carbonyl (C=O) groups excluding carboxylic acids is 1. The van der Waals surface area contributed by atoms with Crippen LogP contribution in [0.25, 0.3) is 0 Å². The summed E-state index contributed by atoms with van der Waals surface area (Å²) in [6.45, 7) is 4.95. The van der Waals surface area contributed by atoms with Crippen LogP contribution in [0.5, 0.6) is 17.2 Å². The van der Waals surface area contributed by atoms with Crippen LogP contribution in [0.15, 0.2) is 42.5 Å². The van der Waals surface area contributed by atoms with Gasteiger partial charge in [-0.3, -0.25) is 9.10 Å². The minimum Gasteiger partial charge on any atom is -0.490 e. The number of ether oxygens (including phenoxy) is 3. The van der Waals surface area contributed by atoms with E-state index in [1.807, 2.05) is 26.0 Å². The van der Waals surface area contributed by atoms with E-state index < -0.39 is 22.0 Å². The number of amides is 1. The van der Waals surface area contributed by atoms with Crippen molar-refractivity contribution in [1.29, 1.82) is 0 Å². The summed E-state index contributed by atoms with van der Waals surface area (Å²) in [5.41, 5.74) is 1.25. The fourth-order valence-electron chi connectivity index (χ4n) is 3.16. The first-order valence-electron chi connectivity index (χ1n) is 9.73. The maximum Gasteiger partial charge on any atom is 0.263 e. The summed E-state index contributed by atoms with van der Waals surface area (Å²) in [5, 5.41) is 2.81. The van der Waals surface area contributed by atoms with E-state index in [0.717, 1.165) is 11.8 Å². The van der Waals surface area contributed by atoms with E-state index >= 15 is 0 Å². The molecule has 9 heteroatoms. The normalized spacial score (nSPS) is 15.7. The van der Waals surface area contributed by atoms with Crippen molar-refractivity contribution in [1.82, 2.24) is 5.32 Å². The van der Waals surface area contributed by atoms with Crippen LogP contribution in [0.3, 0.4) is 0 Å².